The first-order valence-corrected chi connectivity index (χ1v) is 24.6. The van der Waals surface area contributed by atoms with Gasteiger partial charge in [-0.3, -0.25) is 0 Å². The fraction of sp³-hybridized carbons (Fsp3) is 0.0156. The van der Waals surface area contributed by atoms with E-state index in [1.807, 2.05) is 0 Å². The van der Waals surface area contributed by atoms with E-state index in [1.54, 1.807) is 11.3 Å². The zero-order valence-corrected chi connectivity index (χ0v) is 38.2. The van der Waals surface area contributed by atoms with Crippen molar-refractivity contribution in [3.63, 3.8) is 0 Å². The van der Waals surface area contributed by atoms with Crippen LogP contribution in [0.15, 0.2) is 223 Å². The normalized spacial score (nSPS) is 13.3. The van der Waals surface area contributed by atoms with Gasteiger partial charge in [0.25, 0.3) is 0 Å². The van der Waals surface area contributed by atoms with Crippen molar-refractivity contribution in [1.29, 1.82) is 0 Å². The van der Waals surface area contributed by atoms with Crippen LogP contribution < -0.4 is 0 Å². The van der Waals surface area contributed by atoms with E-state index < -0.39 is 5.41 Å². The van der Waals surface area contributed by atoms with E-state index in [2.05, 4.69) is 223 Å². The second-order valence-electron chi connectivity index (χ2n) is 18.5. The standard InChI is InChI=1S/C64H36N4OS/c1-3-17-38(18-4-1)64(39-19-5-2-6-20-39)49-28-11-7-21-40(49)41-34-33-37(35-50(41)64)61-65-62(47-27-15-26-45-43-23-10-14-32-55(43)70-60(45)47)67-63(66-61)48-36-54-58-57-44(25-16-31-53(57)69-54)42-22-8-12-29-51(42)68-52-30-13-9-24-46(52)56(48)59(58)68/h1-36H. The molecule has 70 heavy (non-hydrogen) atoms. The second kappa shape index (κ2) is 14.0. The molecule has 0 aliphatic heterocycles. The summed E-state index contributed by atoms with van der Waals surface area (Å²) in [7, 11) is 0. The van der Waals surface area contributed by atoms with Crippen LogP contribution in [-0.2, 0) is 5.41 Å². The van der Waals surface area contributed by atoms with E-state index in [1.165, 1.54) is 54.2 Å². The van der Waals surface area contributed by atoms with Gasteiger partial charge in [0.15, 0.2) is 17.5 Å². The topological polar surface area (TPSA) is 56.2 Å². The van der Waals surface area contributed by atoms with E-state index >= 15 is 0 Å². The lowest BCUT2D eigenvalue weighted by molar-refractivity contribution is 0.669. The molecule has 0 bridgehead atoms. The van der Waals surface area contributed by atoms with Crippen LogP contribution in [0.25, 0.3) is 125 Å². The Morgan fingerprint density at radius 1 is 0.386 bits per heavy atom. The summed E-state index contributed by atoms with van der Waals surface area (Å²) in [6.45, 7) is 0. The summed E-state index contributed by atoms with van der Waals surface area (Å²) in [5, 5.41) is 9.16. The third-order valence-electron chi connectivity index (χ3n) is 15.1. The lowest BCUT2D eigenvalue weighted by Gasteiger charge is -2.34. The highest BCUT2D eigenvalue weighted by atomic mass is 32.1. The Morgan fingerprint density at radius 3 is 1.80 bits per heavy atom. The number of aromatic nitrogens is 4. The lowest BCUT2D eigenvalue weighted by atomic mass is 9.67. The fourth-order valence-corrected chi connectivity index (χ4v) is 13.5. The molecule has 0 atom stereocenters. The lowest BCUT2D eigenvalue weighted by Crippen LogP contribution is -2.28. The Labute approximate surface area is 404 Å². The fourth-order valence-electron chi connectivity index (χ4n) is 12.3. The summed E-state index contributed by atoms with van der Waals surface area (Å²) in [5.74, 6) is 1.81. The van der Waals surface area contributed by atoms with Crippen molar-refractivity contribution in [3.8, 4) is 45.3 Å². The molecule has 0 fully saturated rings. The highest BCUT2D eigenvalue weighted by molar-refractivity contribution is 7.26. The van der Waals surface area contributed by atoms with E-state index in [4.69, 9.17) is 19.4 Å². The minimum Gasteiger partial charge on any atom is -0.456 e. The maximum Gasteiger partial charge on any atom is 0.165 e. The van der Waals surface area contributed by atoms with Crippen LogP contribution in [-0.4, -0.2) is 19.4 Å². The Kier molecular flexibility index (Phi) is 7.63. The van der Waals surface area contributed by atoms with E-state index in [9.17, 15) is 0 Å². The minimum atomic E-state index is -0.590. The smallest absolute Gasteiger partial charge is 0.165 e. The molecule has 324 valence electrons. The summed E-state index contributed by atoms with van der Waals surface area (Å²) in [6.07, 6.45) is 0. The Morgan fingerprint density at radius 2 is 0.986 bits per heavy atom. The average molecular weight is 909 g/mol. The van der Waals surface area contributed by atoms with E-state index in [-0.39, 0.29) is 0 Å². The summed E-state index contributed by atoms with van der Waals surface area (Å²) < 4.78 is 11.7. The molecule has 0 N–H and O–H groups in total. The van der Waals surface area contributed by atoms with Gasteiger partial charge in [0, 0.05) is 58.4 Å². The summed E-state index contributed by atoms with van der Waals surface area (Å²) >= 11 is 1.79. The van der Waals surface area contributed by atoms with Crippen molar-refractivity contribution in [2.24, 2.45) is 0 Å². The number of benzene rings is 10. The summed E-state index contributed by atoms with van der Waals surface area (Å²) in [6, 6.07) is 78.9. The van der Waals surface area contributed by atoms with Crippen LogP contribution in [0.2, 0.25) is 0 Å². The van der Waals surface area contributed by atoms with Crippen molar-refractivity contribution < 1.29 is 4.42 Å². The first-order chi connectivity index (χ1) is 34.7. The van der Waals surface area contributed by atoms with Gasteiger partial charge in [-0.15, -0.1) is 11.3 Å². The van der Waals surface area contributed by atoms with Gasteiger partial charge in [-0.25, -0.2) is 15.0 Å². The van der Waals surface area contributed by atoms with Crippen LogP contribution >= 0.6 is 11.3 Å². The molecule has 16 rings (SSSR count). The molecule has 0 amide bonds. The number of hydrogen-bond donors (Lipinski definition) is 0. The molecule has 0 spiro atoms. The van der Waals surface area contributed by atoms with Gasteiger partial charge in [-0.05, 0) is 81.2 Å². The molecule has 5 nitrogen and oxygen atoms in total. The van der Waals surface area contributed by atoms with Crippen molar-refractivity contribution in [3.05, 3.63) is 241 Å². The van der Waals surface area contributed by atoms with Crippen molar-refractivity contribution in [1.82, 2.24) is 19.4 Å². The van der Waals surface area contributed by atoms with E-state index in [0.29, 0.717) is 17.5 Å². The molecule has 5 heterocycles. The second-order valence-corrected chi connectivity index (χ2v) is 19.6. The third kappa shape index (κ3) is 4.97. The summed E-state index contributed by atoms with van der Waals surface area (Å²) in [4.78, 5) is 16.8. The molecule has 6 heteroatoms. The number of furan rings is 1. The maximum absolute atomic E-state index is 6.93. The molecule has 10 aromatic carbocycles. The minimum absolute atomic E-state index is 0.585. The highest BCUT2D eigenvalue weighted by Gasteiger charge is 2.46. The molecule has 15 aromatic rings. The largest absolute Gasteiger partial charge is 0.456 e. The van der Waals surface area contributed by atoms with Crippen LogP contribution in [0, 0.1) is 0 Å². The molecule has 0 saturated heterocycles. The Bertz CT molecular complexity index is 4620. The van der Waals surface area contributed by atoms with Crippen LogP contribution in [0.1, 0.15) is 22.3 Å². The van der Waals surface area contributed by atoms with Gasteiger partial charge in [-0.2, -0.15) is 0 Å². The maximum atomic E-state index is 6.93. The Hall–Kier alpha value is -8.97. The van der Waals surface area contributed by atoms with Crippen LogP contribution in [0.4, 0.5) is 0 Å². The first-order valence-electron chi connectivity index (χ1n) is 23.8. The molecule has 0 saturated carbocycles. The molecular formula is C64H36N4OS. The van der Waals surface area contributed by atoms with Crippen molar-refractivity contribution >= 4 is 91.5 Å². The van der Waals surface area contributed by atoms with Crippen molar-refractivity contribution in [2.75, 3.05) is 0 Å². The molecule has 1 aliphatic carbocycles. The number of thiophene rings is 1. The third-order valence-corrected chi connectivity index (χ3v) is 16.3. The summed E-state index contributed by atoms with van der Waals surface area (Å²) in [5.41, 5.74) is 14.5. The van der Waals surface area contributed by atoms with Crippen molar-refractivity contribution in [2.45, 2.75) is 5.41 Å². The van der Waals surface area contributed by atoms with Gasteiger partial charge < -0.3 is 8.82 Å². The molecule has 0 radical (unpaired) electrons. The van der Waals surface area contributed by atoms with Crippen LogP contribution in [0.5, 0.6) is 0 Å². The molecule has 5 aromatic heterocycles. The zero-order chi connectivity index (χ0) is 45.7. The van der Waals surface area contributed by atoms with Gasteiger partial charge in [0.1, 0.15) is 11.2 Å². The predicted octanol–water partition coefficient (Wildman–Crippen LogP) is 16.7. The monoisotopic (exact) mass is 908 g/mol. The number of para-hydroxylation sites is 2. The van der Waals surface area contributed by atoms with Crippen LogP contribution in [0.3, 0.4) is 0 Å². The number of nitrogens with zero attached hydrogens (tertiary/aromatic N) is 4. The van der Waals surface area contributed by atoms with E-state index in [0.717, 1.165) is 76.0 Å². The molecule has 0 unspecified atom stereocenters. The number of fused-ring (bicyclic) bond motifs is 12. The van der Waals surface area contributed by atoms with Gasteiger partial charge >= 0.3 is 0 Å². The molecule has 1 aliphatic rings. The quantitative estimate of drug-likeness (QED) is 0.173. The number of hydrogen-bond acceptors (Lipinski definition) is 5. The SMILES string of the molecule is c1ccc(C2(c3ccccc3)c3ccccc3-c3ccc(-c4nc(-c5cccc6c5sc5ccccc56)nc(-c5cc6oc7cccc8c9ccccc9n9c%10ccccc%10c5c9c6c78)n4)cc32)cc1. The van der Waals surface area contributed by atoms with Gasteiger partial charge in [0.05, 0.1) is 27.4 Å². The molecular weight excluding hydrogens is 873 g/mol. The van der Waals surface area contributed by atoms with Gasteiger partial charge in [-0.1, -0.05) is 176 Å². The Balaban J connectivity index is 1.03. The highest BCUT2D eigenvalue weighted by Crippen LogP contribution is 2.57. The number of rotatable bonds is 5. The predicted molar refractivity (Wildman–Crippen MR) is 288 cm³/mol. The average Bonchev–Trinajstić information content (AvgIpc) is 4.16. The van der Waals surface area contributed by atoms with Gasteiger partial charge in [0.2, 0.25) is 0 Å². The zero-order valence-electron chi connectivity index (χ0n) is 37.4. The first kappa shape index (κ1) is 38.0.